The molecule has 0 aliphatic carbocycles. The number of anilines is 1. The molecule has 0 aromatic heterocycles. The Labute approximate surface area is 135 Å². The maximum atomic E-state index is 12.0. The topological polar surface area (TPSA) is 67.4 Å². The summed E-state index contributed by atoms with van der Waals surface area (Å²) < 4.78 is 5.09. The molecule has 2 aromatic carbocycles. The van der Waals surface area contributed by atoms with Crippen LogP contribution in [0.25, 0.3) is 0 Å². The molecule has 5 heteroatoms. The van der Waals surface area contributed by atoms with Crippen molar-refractivity contribution in [3.63, 3.8) is 0 Å². The first-order valence-corrected chi connectivity index (χ1v) is 7.32. The zero-order chi connectivity index (χ0) is 16.8. The van der Waals surface area contributed by atoms with Crippen LogP contribution in [0, 0.1) is 6.92 Å². The van der Waals surface area contributed by atoms with Gasteiger partial charge in [-0.05, 0) is 49.2 Å². The van der Waals surface area contributed by atoms with Crippen molar-refractivity contribution in [2.75, 3.05) is 12.4 Å². The lowest BCUT2D eigenvalue weighted by Gasteiger charge is -2.14. The molecule has 2 N–H and O–H groups in total. The van der Waals surface area contributed by atoms with Crippen LogP contribution in [0.2, 0.25) is 0 Å². The molecule has 1 unspecified atom stereocenters. The highest BCUT2D eigenvalue weighted by molar-refractivity contribution is 6.39. The fourth-order valence-corrected chi connectivity index (χ4v) is 2.15. The first kappa shape index (κ1) is 16.5. The number of rotatable bonds is 4. The smallest absolute Gasteiger partial charge is 0.313 e. The van der Waals surface area contributed by atoms with Gasteiger partial charge in [0.2, 0.25) is 0 Å². The molecular formula is C18H20N2O3. The summed E-state index contributed by atoms with van der Waals surface area (Å²) in [6.45, 7) is 3.74. The van der Waals surface area contributed by atoms with Crippen LogP contribution >= 0.6 is 0 Å². The van der Waals surface area contributed by atoms with Gasteiger partial charge in [0, 0.05) is 5.69 Å². The fraction of sp³-hybridized carbons (Fsp3) is 0.222. The highest BCUT2D eigenvalue weighted by Crippen LogP contribution is 2.17. The molecule has 2 amide bonds. The van der Waals surface area contributed by atoms with Gasteiger partial charge >= 0.3 is 11.8 Å². The molecule has 0 saturated heterocycles. The highest BCUT2D eigenvalue weighted by atomic mass is 16.5. The Hall–Kier alpha value is -2.82. The molecule has 0 spiro atoms. The molecule has 5 nitrogen and oxygen atoms in total. The molecular weight excluding hydrogens is 292 g/mol. The van der Waals surface area contributed by atoms with Gasteiger partial charge in [0.15, 0.2) is 0 Å². The van der Waals surface area contributed by atoms with Gasteiger partial charge in [-0.3, -0.25) is 9.59 Å². The number of carbonyl (C=O) groups excluding carboxylic acids is 2. The normalized spacial score (nSPS) is 11.4. The van der Waals surface area contributed by atoms with E-state index in [4.69, 9.17) is 4.74 Å². The van der Waals surface area contributed by atoms with Crippen molar-refractivity contribution < 1.29 is 14.3 Å². The van der Waals surface area contributed by atoms with E-state index in [9.17, 15) is 9.59 Å². The van der Waals surface area contributed by atoms with Gasteiger partial charge in [-0.1, -0.05) is 24.3 Å². The molecule has 120 valence electrons. The van der Waals surface area contributed by atoms with E-state index in [0.29, 0.717) is 5.69 Å². The number of aryl methyl sites for hydroxylation is 1. The van der Waals surface area contributed by atoms with E-state index in [1.807, 2.05) is 50.2 Å². The van der Waals surface area contributed by atoms with Crippen LogP contribution in [0.4, 0.5) is 5.69 Å². The molecule has 0 heterocycles. The number of hydrogen-bond acceptors (Lipinski definition) is 3. The molecule has 0 saturated carbocycles. The molecule has 0 bridgehead atoms. The van der Waals surface area contributed by atoms with Gasteiger partial charge in [-0.2, -0.15) is 0 Å². The molecule has 2 rings (SSSR count). The Bertz CT molecular complexity index is 696. The van der Waals surface area contributed by atoms with Gasteiger partial charge in [0.25, 0.3) is 0 Å². The molecule has 0 fully saturated rings. The number of methoxy groups -OCH3 is 1. The van der Waals surface area contributed by atoms with E-state index in [-0.39, 0.29) is 6.04 Å². The average molecular weight is 312 g/mol. The summed E-state index contributed by atoms with van der Waals surface area (Å²) in [5, 5.41) is 5.26. The second-order valence-corrected chi connectivity index (χ2v) is 5.29. The lowest BCUT2D eigenvalue weighted by molar-refractivity contribution is -0.136. The van der Waals surface area contributed by atoms with Crippen molar-refractivity contribution in [3.05, 3.63) is 59.7 Å². The van der Waals surface area contributed by atoms with Crippen molar-refractivity contribution in [1.82, 2.24) is 5.32 Å². The van der Waals surface area contributed by atoms with Gasteiger partial charge in [-0.25, -0.2) is 0 Å². The summed E-state index contributed by atoms with van der Waals surface area (Å²) in [6.07, 6.45) is 0. The SMILES string of the molecule is COc1ccc(C(C)NC(=O)C(=O)Nc2cccc(C)c2)cc1. The predicted molar refractivity (Wildman–Crippen MR) is 89.4 cm³/mol. The summed E-state index contributed by atoms with van der Waals surface area (Å²) in [5.41, 5.74) is 2.50. The third-order valence-corrected chi connectivity index (χ3v) is 3.45. The summed E-state index contributed by atoms with van der Waals surface area (Å²) >= 11 is 0. The maximum absolute atomic E-state index is 12.0. The fourth-order valence-electron chi connectivity index (χ4n) is 2.15. The number of hydrogen-bond donors (Lipinski definition) is 2. The first-order valence-electron chi connectivity index (χ1n) is 7.32. The van der Waals surface area contributed by atoms with Crippen LogP contribution in [0.3, 0.4) is 0 Å². The van der Waals surface area contributed by atoms with E-state index in [1.165, 1.54) is 0 Å². The van der Waals surface area contributed by atoms with Crippen molar-refractivity contribution in [3.8, 4) is 5.75 Å². The number of benzene rings is 2. The van der Waals surface area contributed by atoms with Gasteiger partial charge in [0.1, 0.15) is 5.75 Å². The van der Waals surface area contributed by atoms with Crippen LogP contribution in [0.15, 0.2) is 48.5 Å². The second kappa shape index (κ2) is 7.45. The van der Waals surface area contributed by atoms with E-state index in [1.54, 1.807) is 19.2 Å². The Kier molecular flexibility index (Phi) is 5.36. The number of amides is 2. The van der Waals surface area contributed by atoms with E-state index < -0.39 is 11.8 Å². The standard InChI is InChI=1S/C18H20N2O3/c1-12-5-4-6-15(11-12)20-18(22)17(21)19-13(2)14-7-9-16(23-3)10-8-14/h4-11,13H,1-3H3,(H,19,21)(H,20,22). The van der Waals surface area contributed by atoms with Crippen LogP contribution in [0.5, 0.6) is 5.75 Å². The zero-order valence-electron chi connectivity index (χ0n) is 13.4. The molecule has 0 aliphatic rings. The number of nitrogens with one attached hydrogen (secondary N) is 2. The molecule has 1 atom stereocenters. The first-order chi connectivity index (χ1) is 11.0. The Morgan fingerprint density at radius 3 is 2.35 bits per heavy atom. The molecule has 2 aromatic rings. The molecule has 23 heavy (non-hydrogen) atoms. The minimum absolute atomic E-state index is 0.281. The van der Waals surface area contributed by atoms with Gasteiger partial charge in [-0.15, -0.1) is 0 Å². The summed E-state index contributed by atoms with van der Waals surface area (Å²) in [6, 6.07) is 14.3. The van der Waals surface area contributed by atoms with Crippen molar-refractivity contribution >= 4 is 17.5 Å². The lowest BCUT2D eigenvalue weighted by Crippen LogP contribution is -2.36. The highest BCUT2D eigenvalue weighted by Gasteiger charge is 2.17. The molecule has 0 aliphatic heterocycles. The third-order valence-electron chi connectivity index (χ3n) is 3.45. The average Bonchev–Trinajstić information content (AvgIpc) is 2.54. The zero-order valence-corrected chi connectivity index (χ0v) is 13.4. The minimum atomic E-state index is -0.684. The van der Waals surface area contributed by atoms with E-state index in [2.05, 4.69) is 10.6 Å². The largest absolute Gasteiger partial charge is 0.497 e. The van der Waals surface area contributed by atoms with Crippen molar-refractivity contribution in [1.29, 1.82) is 0 Å². The predicted octanol–water partition coefficient (Wildman–Crippen LogP) is 2.82. The Morgan fingerprint density at radius 1 is 1.04 bits per heavy atom. The maximum Gasteiger partial charge on any atom is 0.313 e. The van der Waals surface area contributed by atoms with Crippen LogP contribution in [-0.4, -0.2) is 18.9 Å². The van der Waals surface area contributed by atoms with Crippen molar-refractivity contribution in [2.45, 2.75) is 19.9 Å². The number of carbonyl (C=O) groups is 2. The Balaban J connectivity index is 1.95. The van der Waals surface area contributed by atoms with Crippen LogP contribution < -0.4 is 15.4 Å². The quantitative estimate of drug-likeness (QED) is 0.853. The van der Waals surface area contributed by atoms with E-state index >= 15 is 0 Å². The van der Waals surface area contributed by atoms with Crippen molar-refractivity contribution in [2.24, 2.45) is 0 Å². The van der Waals surface area contributed by atoms with Crippen LogP contribution in [-0.2, 0) is 9.59 Å². The summed E-state index contributed by atoms with van der Waals surface area (Å²) in [4.78, 5) is 23.9. The molecule has 0 radical (unpaired) electrons. The summed E-state index contributed by atoms with van der Waals surface area (Å²) in [5.74, 6) is -0.616. The Morgan fingerprint density at radius 2 is 1.74 bits per heavy atom. The minimum Gasteiger partial charge on any atom is -0.497 e. The van der Waals surface area contributed by atoms with Gasteiger partial charge < -0.3 is 15.4 Å². The third kappa shape index (κ3) is 4.57. The van der Waals surface area contributed by atoms with Crippen LogP contribution in [0.1, 0.15) is 24.1 Å². The number of ether oxygens (including phenoxy) is 1. The monoisotopic (exact) mass is 312 g/mol. The van der Waals surface area contributed by atoms with Gasteiger partial charge in [0.05, 0.1) is 13.2 Å². The second-order valence-electron chi connectivity index (χ2n) is 5.29. The summed E-state index contributed by atoms with van der Waals surface area (Å²) in [7, 11) is 1.59. The van der Waals surface area contributed by atoms with E-state index in [0.717, 1.165) is 16.9 Å². The lowest BCUT2D eigenvalue weighted by atomic mass is 10.1.